The molecule has 0 radical (unpaired) electrons. The summed E-state index contributed by atoms with van der Waals surface area (Å²) in [5.74, 6) is 0.589. The second-order valence-electron chi connectivity index (χ2n) is 12.2. The maximum Gasteiger partial charge on any atom is 0.251 e. The first kappa shape index (κ1) is 30.0. The van der Waals surface area contributed by atoms with Crippen LogP contribution in [0.4, 0.5) is 0 Å². The van der Waals surface area contributed by atoms with Crippen molar-refractivity contribution in [2.45, 2.75) is 71.1 Å². The predicted molar refractivity (Wildman–Crippen MR) is 177 cm³/mol. The highest BCUT2D eigenvalue weighted by Gasteiger charge is 2.22. The minimum absolute atomic E-state index is 0.0740. The van der Waals surface area contributed by atoms with Gasteiger partial charge in [0.05, 0.1) is 5.02 Å². The summed E-state index contributed by atoms with van der Waals surface area (Å²) in [7, 11) is 0. The van der Waals surface area contributed by atoms with Crippen molar-refractivity contribution < 1.29 is 9.53 Å². The van der Waals surface area contributed by atoms with E-state index in [9.17, 15) is 4.79 Å². The van der Waals surface area contributed by atoms with Crippen LogP contribution < -0.4 is 10.1 Å². The van der Waals surface area contributed by atoms with Crippen molar-refractivity contribution in [3.05, 3.63) is 76.8 Å². The number of para-hydroxylation sites is 1. The number of nitrogens with one attached hydrogen (secondary N) is 1. The first-order chi connectivity index (χ1) is 21.1. The fourth-order valence-electron chi connectivity index (χ4n) is 6.87. The number of carbonyl (C=O) groups excluding carboxylic acids is 1. The van der Waals surface area contributed by atoms with E-state index in [4.69, 9.17) is 16.3 Å². The summed E-state index contributed by atoms with van der Waals surface area (Å²) in [5, 5.41) is 6.23. The molecule has 7 heteroatoms. The van der Waals surface area contributed by atoms with Crippen LogP contribution in [0.15, 0.2) is 60.7 Å². The Hall–Kier alpha value is -3.06. The van der Waals surface area contributed by atoms with Gasteiger partial charge in [-0.25, -0.2) is 0 Å². The van der Waals surface area contributed by atoms with Gasteiger partial charge < -0.3 is 19.5 Å². The molecule has 0 bridgehead atoms. The van der Waals surface area contributed by atoms with Gasteiger partial charge in [0.2, 0.25) is 0 Å². The van der Waals surface area contributed by atoms with Crippen LogP contribution in [0, 0.1) is 0 Å². The SMILES string of the molecule is CCn1c2ccccc2c2cc(CN3CCC(Oc4ccc(C(=O)NCCCN5CCCCCC5)cc4Cl)CC3)ccc21. The lowest BCUT2D eigenvalue weighted by atomic mass is 10.1. The van der Waals surface area contributed by atoms with Crippen LogP contribution in [0.1, 0.15) is 67.8 Å². The number of ether oxygens (including phenoxy) is 1. The van der Waals surface area contributed by atoms with Crippen LogP contribution >= 0.6 is 11.6 Å². The minimum Gasteiger partial charge on any atom is -0.489 e. The van der Waals surface area contributed by atoms with Crippen LogP contribution in [0.5, 0.6) is 5.75 Å². The first-order valence-corrected chi connectivity index (χ1v) is 16.7. The molecule has 1 amide bonds. The van der Waals surface area contributed by atoms with Crippen LogP contribution in [-0.4, -0.2) is 65.6 Å². The Labute approximate surface area is 260 Å². The van der Waals surface area contributed by atoms with Gasteiger partial charge in [0.25, 0.3) is 5.91 Å². The molecule has 6 rings (SSSR count). The Morgan fingerprint density at radius 2 is 1.65 bits per heavy atom. The summed E-state index contributed by atoms with van der Waals surface area (Å²) in [6.07, 6.45) is 8.27. The number of likely N-dealkylation sites (tertiary alicyclic amines) is 2. The number of benzene rings is 3. The Kier molecular flexibility index (Phi) is 9.87. The zero-order chi connectivity index (χ0) is 29.6. The molecular formula is C36H45ClN4O2. The number of carbonyl (C=O) groups is 1. The molecule has 0 spiro atoms. The Morgan fingerprint density at radius 1 is 0.884 bits per heavy atom. The van der Waals surface area contributed by atoms with Crippen molar-refractivity contribution in [2.75, 3.05) is 39.3 Å². The molecule has 2 saturated heterocycles. The van der Waals surface area contributed by atoms with E-state index in [0.29, 0.717) is 22.9 Å². The molecule has 2 aliphatic heterocycles. The third-order valence-electron chi connectivity index (χ3n) is 9.22. The number of hydrogen-bond donors (Lipinski definition) is 1. The van der Waals surface area contributed by atoms with Gasteiger partial charge in [-0.05, 0) is 101 Å². The molecule has 1 N–H and O–H groups in total. The molecule has 4 aromatic rings. The number of hydrogen-bond acceptors (Lipinski definition) is 4. The molecule has 0 saturated carbocycles. The fourth-order valence-corrected chi connectivity index (χ4v) is 7.09. The molecule has 0 atom stereocenters. The van der Waals surface area contributed by atoms with Gasteiger partial charge in [0.15, 0.2) is 0 Å². The number of rotatable bonds is 10. The van der Waals surface area contributed by atoms with Crippen LogP contribution in [0.2, 0.25) is 5.02 Å². The molecule has 6 nitrogen and oxygen atoms in total. The molecule has 3 heterocycles. The van der Waals surface area contributed by atoms with Crippen molar-refractivity contribution in [3.8, 4) is 5.75 Å². The Bertz CT molecular complexity index is 1530. The monoisotopic (exact) mass is 600 g/mol. The standard InChI is InChI=1S/C36H45ClN4O2/c1-2-41-33-11-6-5-10-30(33)31-24-27(12-14-34(31)41)26-40-22-16-29(17-23-40)43-35-15-13-28(25-32(35)37)36(42)38-18-9-21-39-19-7-3-4-8-20-39/h5-6,10-15,24-25,29H,2-4,7-9,16-23,26H2,1H3,(H,38,42). The van der Waals surface area contributed by atoms with Crippen LogP contribution in [0.25, 0.3) is 21.8 Å². The van der Waals surface area contributed by atoms with Gasteiger partial charge in [0.1, 0.15) is 11.9 Å². The molecule has 3 aromatic carbocycles. The Balaban J connectivity index is 0.974. The molecular weight excluding hydrogens is 556 g/mol. The largest absolute Gasteiger partial charge is 0.489 e. The van der Waals surface area contributed by atoms with Crippen molar-refractivity contribution in [2.24, 2.45) is 0 Å². The van der Waals surface area contributed by atoms with Crippen LogP contribution in [0.3, 0.4) is 0 Å². The lowest BCUT2D eigenvalue weighted by Gasteiger charge is -2.32. The number of aromatic nitrogens is 1. The smallest absolute Gasteiger partial charge is 0.251 e. The summed E-state index contributed by atoms with van der Waals surface area (Å²) >= 11 is 6.58. The Morgan fingerprint density at radius 3 is 2.42 bits per heavy atom. The number of nitrogens with zero attached hydrogens (tertiary/aromatic N) is 3. The molecule has 228 valence electrons. The van der Waals surface area contributed by atoms with Gasteiger partial charge in [-0.1, -0.05) is 48.7 Å². The first-order valence-electron chi connectivity index (χ1n) is 16.3. The van der Waals surface area contributed by atoms with Gasteiger partial charge in [-0.15, -0.1) is 0 Å². The van der Waals surface area contributed by atoms with Gasteiger partial charge in [-0.3, -0.25) is 9.69 Å². The zero-order valence-electron chi connectivity index (χ0n) is 25.5. The molecule has 0 aliphatic carbocycles. The third kappa shape index (κ3) is 7.19. The van der Waals surface area contributed by atoms with E-state index in [0.717, 1.165) is 52.0 Å². The number of fused-ring (bicyclic) bond motifs is 3. The van der Waals surface area contributed by atoms with Crippen molar-refractivity contribution in [1.82, 2.24) is 19.7 Å². The normalized spacial score (nSPS) is 17.3. The van der Waals surface area contributed by atoms with E-state index in [-0.39, 0.29) is 12.0 Å². The highest BCUT2D eigenvalue weighted by atomic mass is 35.5. The van der Waals surface area contributed by atoms with Crippen molar-refractivity contribution in [3.63, 3.8) is 0 Å². The summed E-state index contributed by atoms with van der Waals surface area (Å²) < 4.78 is 8.72. The minimum atomic E-state index is -0.0740. The molecule has 2 fully saturated rings. The lowest BCUT2D eigenvalue weighted by Crippen LogP contribution is -2.37. The van der Waals surface area contributed by atoms with E-state index in [2.05, 4.69) is 69.1 Å². The molecule has 0 unspecified atom stereocenters. The number of aryl methyl sites for hydroxylation is 1. The highest BCUT2D eigenvalue weighted by Crippen LogP contribution is 2.31. The van der Waals surface area contributed by atoms with E-state index >= 15 is 0 Å². The highest BCUT2D eigenvalue weighted by molar-refractivity contribution is 6.32. The number of halogens is 1. The average Bonchev–Trinajstić information content (AvgIpc) is 3.14. The van der Waals surface area contributed by atoms with Gasteiger partial charge >= 0.3 is 0 Å². The molecule has 2 aliphatic rings. The summed E-state index contributed by atoms with van der Waals surface area (Å²) in [6.45, 7) is 10.2. The number of amides is 1. The van der Waals surface area contributed by atoms with E-state index in [1.54, 1.807) is 6.07 Å². The van der Waals surface area contributed by atoms with Crippen LogP contribution in [-0.2, 0) is 13.1 Å². The second-order valence-corrected chi connectivity index (χ2v) is 12.6. The molecule has 43 heavy (non-hydrogen) atoms. The van der Waals surface area contributed by atoms with E-state index in [1.807, 2.05) is 12.1 Å². The lowest BCUT2D eigenvalue weighted by molar-refractivity contribution is 0.0949. The fraction of sp³-hybridized carbons (Fsp3) is 0.472. The number of piperidine rings is 1. The van der Waals surface area contributed by atoms with E-state index in [1.165, 1.54) is 66.1 Å². The third-order valence-corrected chi connectivity index (χ3v) is 9.51. The zero-order valence-corrected chi connectivity index (χ0v) is 26.2. The predicted octanol–water partition coefficient (Wildman–Crippen LogP) is 7.51. The van der Waals surface area contributed by atoms with Gasteiger partial charge in [0, 0.05) is 60.1 Å². The topological polar surface area (TPSA) is 49.7 Å². The van der Waals surface area contributed by atoms with Crippen molar-refractivity contribution >= 4 is 39.3 Å². The van der Waals surface area contributed by atoms with Crippen molar-refractivity contribution in [1.29, 1.82) is 0 Å². The maximum absolute atomic E-state index is 12.7. The summed E-state index contributed by atoms with van der Waals surface area (Å²) in [4.78, 5) is 17.8. The summed E-state index contributed by atoms with van der Waals surface area (Å²) in [5.41, 5.74) is 4.55. The molecule has 1 aromatic heterocycles. The average molecular weight is 601 g/mol. The maximum atomic E-state index is 12.7. The quantitative estimate of drug-likeness (QED) is 0.191. The van der Waals surface area contributed by atoms with Gasteiger partial charge in [-0.2, -0.15) is 0 Å². The van der Waals surface area contributed by atoms with E-state index < -0.39 is 0 Å². The second kappa shape index (κ2) is 14.1. The summed E-state index contributed by atoms with van der Waals surface area (Å²) in [6, 6.07) is 21.1.